The van der Waals surface area contributed by atoms with E-state index < -0.39 is 11.2 Å². The first-order valence-corrected chi connectivity index (χ1v) is 10.5. The van der Waals surface area contributed by atoms with Gasteiger partial charge in [-0.1, -0.05) is 6.07 Å². The van der Waals surface area contributed by atoms with Gasteiger partial charge in [-0.25, -0.2) is 9.78 Å². The number of likely N-dealkylation sites (tertiary alicyclic amines) is 1. The van der Waals surface area contributed by atoms with Crippen LogP contribution in [-0.4, -0.2) is 55.5 Å². The van der Waals surface area contributed by atoms with Crippen molar-refractivity contribution >= 4 is 34.3 Å². The number of hydrogen-bond donors (Lipinski definition) is 2. The molecule has 4 rings (SSSR count). The highest BCUT2D eigenvalue weighted by atomic mass is 32.1. The normalized spacial score (nSPS) is 14.9. The van der Waals surface area contributed by atoms with Gasteiger partial charge in [0.15, 0.2) is 5.65 Å². The Morgan fingerprint density at radius 2 is 1.97 bits per heavy atom. The molecule has 0 radical (unpaired) electrons. The molecule has 0 spiro atoms. The minimum absolute atomic E-state index is 0.0375. The van der Waals surface area contributed by atoms with Crippen LogP contribution in [-0.2, 0) is 18.9 Å². The van der Waals surface area contributed by atoms with Crippen molar-refractivity contribution in [1.82, 2.24) is 29.3 Å². The van der Waals surface area contributed by atoms with Crippen LogP contribution in [0.3, 0.4) is 0 Å². The minimum atomic E-state index is -0.421. The topological polar surface area (TPSA) is 122 Å². The standard InChI is InChI=1S/C19H22N6O4S/c1-23-16-14(18(28)24(2)19(23)29)21-15(22-16)11-5-7-25(8-6-11)13(26)10-20-17(27)12-4-3-9-30-12/h3-4,9,11H,5-8,10H2,1-2H3,(H,20,27)(H,21,22). The Hall–Kier alpha value is -3.21. The highest BCUT2D eigenvalue weighted by molar-refractivity contribution is 7.12. The maximum absolute atomic E-state index is 12.4. The van der Waals surface area contributed by atoms with Crippen LogP contribution in [0.15, 0.2) is 27.1 Å². The SMILES string of the molecule is Cn1c(=O)c2[nH]c(C3CCN(C(=O)CNC(=O)c4cccs4)CC3)nc2n(C)c1=O. The number of aromatic nitrogens is 4. The summed E-state index contributed by atoms with van der Waals surface area (Å²) < 4.78 is 2.40. The van der Waals surface area contributed by atoms with Crippen LogP contribution in [0.2, 0.25) is 0 Å². The maximum Gasteiger partial charge on any atom is 0.332 e. The molecule has 0 unspecified atom stereocenters. The van der Waals surface area contributed by atoms with Gasteiger partial charge in [-0.15, -0.1) is 11.3 Å². The summed E-state index contributed by atoms with van der Waals surface area (Å²) in [4.78, 5) is 58.7. The first kappa shape index (κ1) is 20.1. The molecule has 0 aromatic carbocycles. The zero-order valence-corrected chi connectivity index (χ0v) is 17.5. The van der Waals surface area contributed by atoms with Gasteiger partial charge in [-0.05, 0) is 24.3 Å². The summed E-state index contributed by atoms with van der Waals surface area (Å²) in [5.74, 6) is 0.338. The highest BCUT2D eigenvalue weighted by Crippen LogP contribution is 2.26. The summed E-state index contributed by atoms with van der Waals surface area (Å²) >= 11 is 1.33. The molecule has 3 aromatic heterocycles. The second kappa shape index (κ2) is 7.90. The second-order valence-electron chi connectivity index (χ2n) is 7.34. The van der Waals surface area contributed by atoms with Crippen LogP contribution in [0.4, 0.5) is 0 Å². The molecule has 1 fully saturated rings. The lowest BCUT2D eigenvalue weighted by Crippen LogP contribution is -2.43. The number of imidazole rings is 1. The van der Waals surface area contributed by atoms with Crippen LogP contribution < -0.4 is 16.6 Å². The van der Waals surface area contributed by atoms with E-state index in [2.05, 4.69) is 15.3 Å². The van der Waals surface area contributed by atoms with Gasteiger partial charge < -0.3 is 15.2 Å². The third-order valence-electron chi connectivity index (χ3n) is 5.49. The predicted octanol–water partition coefficient (Wildman–Crippen LogP) is 0.158. The predicted molar refractivity (Wildman–Crippen MR) is 112 cm³/mol. The molecule has 1 aliphatic rings. The largest absolute Gasteiger partial charge is 0.342 e. The van der Waals surface area contributed by atoms with E-state index in [1.54, 1.807) is 24.1 Å². The molecule has 11 heteroatoms. The Bertz CT molecular complexity index is 1210. The lowest BCUT2D eigenvalue weighted by Gasteiger charge is -2.31. The summed E-state index contributed by atoms with van der Waals surface area (Å²) in [7, 11) is 3.02. The lowest BCUT2D eigenvalue weighted by atomic mass is 9.96. The summed E-state index contributed by atoms with van der Waals surface area (Å²) in [6.07, 6.45) is 1.36. The van der Waals surface area contributed by atoms with Crippen molar-refractivity contribution in [2.75, 3.05) is 19.6 Å². The molecular weight excluding hydrogens is 408 g/mol. The third-order valence-corrected chi connectivity index (χ3v) is 6.36. The average molecular weight is 430 g/mol. The van der Waals surface area contributed by atoms with E-state index in [9.17, 15) is 19.2 Å². The zero-order valence-electron chi connectivity index (χ0n) is 16.7. The Kier molecular flexibility index (Phi) is 5.29. The van der Waals surface area contributed by atoms with Crippen molar-refractivity contribution in [3.63, 3.8) is 0 Å². The van der Waals surface area contributed by atoms with Crippen LogP contribution in [0, 0.1) is 0 Å². The Labute approximate surface area is 175 Å². The minimum Gasteiger partial charge on any atom is -0.342 e. The van der Waals surface area contributed by atoms with E-state index in [4.69, 9.17) is 0 Å². The molecule has 0 atom stereocenters. The summed E-state index contributed by atoms with van der Waals surface area (Å²) in [5, 5.41) is 4.47. The number of fused-ring (bicyclic) bond motifs is 1. The number of piperidine rings is 1. The Morgan fingerprint density at radius 1 is 1.23 bits per heavy atom. The smallest absolute Gasteiger partial charge is 0.332 e. The number of amides is 2. The van der Waals surface area contributed by atoms with Crippen molar-refractivity contribution in [3.8, 4) is 0 Å². The van der Waals surface area contributed by atoms with E-state index in [0.29, 0.717) is 47.8 Å². The number of nitrogens with one attached hydrogen (secondary N) is 2. The summed E-state index contributed by atoms with van der Waals surface area (Å²) in [6.45, 7) is 1.03. The second-order valence-corrected chi connectivity index (χ2v) is 8.29. The van der Waals surface area contributed by atoms with E-state index in [0.717, 1.165) is 4.57 Å². The van der Waals surface area contributed by atoms with Crippen molar-refractivity contribution in [2.24, 2.45) is 14.1 Å². The van der Waals surface area contributed by atoms with E-state index >= 15 is 0 Å². The first-order valence-electron chi connectivity index (χ1n) is 9.62. The van der Waals surface area contributed by atoms with Crippen LogP contribution in [0.25, 0.3) is 11.2 Å². The number of aromatic amines is 1. The van der Waals surface area contributed by atoms with Crippen molar-refractivity contribution in [2.45, 2.75) is 18.8 Å². The Balaban J connectivity index is 1.40. The fraction of sp³-hybridized carbons (Fsp3) is 0.421. The van der Waals surface area contributed by atoms with E-state index in [-0.39, 0.29) is 24.3 Å². The zero-order chi connectivity index (χ0) is 21.4. The number of aryl methyl sites for hydroxylation is 1. The third kappa shape index (κ3) is 3.56. The number of H-pyrrole nitrogens is 1. The van der Waals surface area contributed by atoms with E-state index in [1.165, 1.54) is 23.0 Å². The number of carbonyl (C=O) groups excluding carboxylic acids is 2. The van der Waals surface area contributed by atoms with E-state index in [1.807, 2.05) is 5.38 Å². The highest BCUT2D eigenvalue weighted by Gasteiger charge is 2.27. The van der Waals surface area contributed by atoms with Gasteiger partial charge in [0, 0.05) is 33.1 Å². The van der Waals surface area contributed by atoms with Gasteiger partial charge in [-0.2, -0.15) is 0 Å². The first-order chi connectivity index (χ1) is 14.4. The molecule has 2 N–H and O–H groups in total. The molecule has 0 bridgehead atoms. The van der Waals surface area contributed by atoms with Crippen LogP contribution in [0.5, 0.6) is 0 Å². The van der Waals surface area contributed by atoms with Gasteiger partial charge in [0.2, 0.25) is 5.91 Å². The molecule has 1 saturated heterocycles. The van der Waals surface area contributed by atoms with Gasteiger partial charge in [0.25, 0.3) is 11.5 Å². The number of hydrogen-bond acceptors (Lipinski definition) is 6. The summed E-state index contributed by atoms with van der Waals surface area (Å²) in [5.41, 5.74) is -0.172. The Morgan fingerprint density at radius 3 is 2.63 bits per heavy atom. The van der Waals surface area contributed by atoms with Crippen LogP contribution >= 0.6 is 11.3 Å². The molecule has 10 nitrogen and oxygen atoms in total. The lowest BCUT2D eigenvalue weighted by molar-refractivity contribution is -0.131. The number of carbonyl (C=O) groups is 2. The molecule has 158 valence electrons. The molecule has 3 aromatic rings. The fourth-order valence-electron chi connectivity index (χ4n) is 3.70. The number of thiophene rings is 1. The molecule has 0 aliphatic carbocycles. The number of rotatable bonds is 4. The van der Waals surface area contributed by atoms with Gasteiger partial charge in [-0.3, -0.25) is 23.5 Å². The monoisotopic (exact) mass is 430 g/mol. The molecule has 4 heterocycles. The number of nitrogens with zero attached hydrogens (tertiary/aromatic N) is 4. The quantitative estimate of drug-likeness (QED) is 0.611. The molecular formula is C19H22N6O4S. The summed E-state index contributed by atoms with van der Waals surface area (Å²) in [6, 6.07) is 3.50. The maximum atomic E-state index is 12.4. The van der Waals surface area contributed by atoms with Crippen LogP contribution in [0.1, 0.15) is 34.3 Å². The van der Waals surface area contributed by atoms with Gasteiger partial charge in [0.1, 0.15) is 11.3 Å². The van der Waals surface area contributed by atoms with Gasteiger partial charge in [0.05, 0.1) is 11.4 Å². The molecule has 2 amide bonds. The average Bonchev–Trinajstić information content (AvgIpc) is 3.45. The molecule has 1 aliphatic heterocycles. The van der Waals surface area contributed by atoms with Crippen molar-refractivity contribution in [3.05, 3.63) is 49.1 Å². The molecule has 30 heavy (non-hydrogen) atoms. The molecule has 0 saturated carbocycles. The fourth-order valence-corrected chi connectivity index (χ4v) is 4.34. The van der Waals surface area contributed by atoms with Gasteiger partial charge >= 0.3 is 5.69 Å². The van der Waals surface area contributed by atoms with Crippen molar-refractivity contribution in [1.29, 1.82) is 0 Å². The van der Waals surface area contributed by atoms with Crippen molar-refractivity contribution < 1.29 is 9.59 Å².